The number of tetrazole rings is 1. The van der Waals surface area contributed by atoms with E-state index in [1.165, 1.54) is 0 Å². The van der Waals surface area contributed by atoms with Gasteiger partial charge in [0.25, 0.3) is 0 Å². The Balaban J connectivity index is 2.09. The molecular weight excluding hydrogens is 232 g/mol. The summed E-state index contributed by atoms with van der Waals surface area (Å²) in [5, 5.41) is 15.9. The summed E-state index contributed by atoms with van der Waals surface area (Å²) in [6.07, 6.45) is 0.989. The van der Waals surface area contributed by atoms with Crippen molar-refractivity contribution in [1.29, 1.82) is 0 Å². The molecule has 0 spiro atoms. The molecule has 0 N–H and O–H groups in total. The molecule has 2 rings (SSSR count). The normalized spacial score (nSPS) is 10.9. The van der Waals surface area contributed by atoms with E-state index in [0.717, 1.165) is 35.9 Å². The molecule has 7 heteroatoms. The number of rotatable bonds is 5. The predicted molar refractivity (Wildman–Crippen MR) is 65.1 cm³/mol. The van der Waals surface area contributed by atoms with E-state index in [-0.39, 0.29) is 0 Å². The Bertz CT molecular complexity index is 530. The maximum atomic E-state index is 5.77. The van der Waals surface area contributed by atoms with Crippen LogP contribution >= 0.6 is 0 Å². The van der Waals surface area contributed by atoms with Crippen molar-refractivity contribution in [2.75, 3.05) is 0 Å². The molecule has 0 aliphatic rings. The first-order chi connectivity index (χ1) is 8.63. The molecule has 0 aromatic carbocycles. The summed E-state index contributed by atoms with van der Waals surface area (Å²) in [7, 11) is 1.90. The molecule has 2 aromatic rings. The van der Waals surface area contributed by atoms with Crippen LogP contribution in [0.25, 0.3) is 0 Å². The number of ether oxygens (including phenoxy) is 1. The second kappa shape index (κ2) is 5.16. The highest BCUT2D eigenvalue weighted by Crippen LogP contribution is 2.22. The molecule has 98 valence electrons. The first-order valence-electron chi connectivity index (χ1n) is 6.01. The maximum Gasteiger partial charge on any atom is 0.189 e. The van der Waals surface area contributed by atoms with Gasteiger partial charge in [-0.3, -0.25) is 4.68 Å². The summed E-state index contributed by atoms with van der Waals surface area (Å²) < 4.78 is 9.34. The van der Waals surface area contributed by atoms with Gasteiger partial charge >= 0.3 is 0 Å². The summed E-state index contributed by atoms with van der Waals surface area (Å²) in [5.74, 6) is 1.54. The van der Waals surface area contributed by atoms with Gasteiger partial charge in [0.2, 0.25) is 0 Å². The van der Waals surface area contributed by atoms with Crippen LogP contribution in [0.5, 0.6) is 5.75 Å². The quantitative estimate of drug-likeness (QED) is 0.792. The molecule has 0 aliphatic heterocycles. The van der Waals surface area contributed by atoms with Crippen molar-refractivity contribution < 1.29 is 4.74 Å². The van der Waals surface area contributed by atoms with Gasteiger partial charge in [0.05, 0.1) is 5.69 Å². The van der Waals surface area contributed by atoms with Crippen molar-refractivity contribution in [3.63, 3.8) is 0 Å². The number of aryl methyl sites for hydroxylation is 3. The molecule has 2 aromatic heterocycles. The molecular formula is C11H18N6O. The van der Waals surface area contributed by atoms with E-state index in [2.05, 4.69) is 27.5 Å². The molecule has 0 aliphatic carbocycles. The first-order valence-corrected chi connectivity index (χ1v) is 6.01. The van der Waals surface area contributed by atoms with Gasteiger partial charge in [-0.15, -0.1) is 5.10 Å². The zero-order valence-electron chi connectivity index (χ0n) is 11.2. The van der Waals surface area contributed by atoms with Crippen molar-refractivity contribution in [3.8, 4) is 5.75 Å². The molecule has 0 atom stereocenters. The lowest BCUT2D eigenvalue weighted by molar-refractivity contribution is 0.282. The van der Waals surface area contributed by atoms with Gasteiger partial charge in [0.1, 0.15) is 12.3 Å². The van der Waals surface area contributed by atoms with Crippen molar-refractivity contribution in [1.82, 2.24) is 30.0 Å². The van der Waals surface area contributed by atoms with Crippen molar-refractivity contribution >= 4 is 0 Å². The van der Waals surface area contributed by atoms with Gasteiger partial charge in [-0.1, -0.05) is 6.92 Å². The fourth-order valence-corrected chi connectivity index (χ4v) is 1.81. The van der Waals surface area contributed by atoms with Crippen LogP contribution in [0, 0.1) is 13.8 Å². The average Bonchev–Trinajstić information content (AvgIpc) is 2.85. The second-order valence-corrected chi connectivity index (χ2v) is 4.23. The summed E-state index contributed by atoms with van der Waals surface area (Å²) in [6, 6.07) is 0. The third-order valence-electron chi connectivity index (χ3n) is 2.83. The van der Waals surface area contributed by atoms with Gasteiger partial charge in [0, 0.05) is 13.6 Å². The first kappa shape index (κ1) is 12.5. The Hall–Kier alpha value is -1.92. The van der Waals surface area contributed by atoms with Gasteiger partial charge in [0.15, 0.2) is 11.6 Å². The highest BCUT2D eigenvalue weighted by Gasteiger charge is 2.13. The van der Waals surface area contributed by atoms with Crippen LogP contribution in [0.4, 0.5) is 0 Å². The fraction of sp³-hybridized carbons (Fsp3) is 0.636. The van der Waals surface area contributed by atoms with Gasteiger partial charge in [-0.2, -0.15) is 5.10 Å². The minimum atomic E-state index is 0.361. The molecule has 2 heterocycles. The highest BCUT2D eigenvalue weighted by molar-refractivity contribution is 5.31. The van der Waals surface area contributed by atoms with E-state index in [9.17, 15) is 0 Å². The largest absolute Gasteiger partial charge is 0.482 e. The van der Waals surface area contributed by atoms with Crippen LogP contribution < -0.4 is 4.74 Å². The predicted octanol–water partition coefficient (Wildman–Crippen LogP) is 1.01. The molecule has 0 radical (unpaired) electrons. The molecule has 0 saturated carbocycles. The zero-order valence-corrected chi connectivity index (χ0v) is 11.2. The average molecular weight is 250 g/mol. The van der Waals surface area contributed by atoms with Crippen molar-refractivity contribution in [3.05, 3.63) is 17.2 Å². The van der Waals surface area contributed by atoms with Gasteiger partial charge in [-0.25, -0.2) is 4.68 Å². The van der Waals surface area contributed by atoms with E-state index in [1.54, 1.807) is 9.36 Å². The molecule has 0 bridgehead atoms. The van der Waals surface area contributed by atoms with E-state index >= 15 is 0 Å². The summed E-state index contributed by atoms with van der Waals surface area (Å²) in [5.41, 5.74) is 1.88. The Kier molecular flexibility index (Phi) is 3.59. The van der Waals surface area contributed by atoms with Gasteiger partial charge < -0.3 is 4.74 Å². The zero-order chi connectivity index (χ0) is 13.1. The van der Waals surface area contributed by atoms with E-state index in [4.69, 9.17) is 4.74 Å². The highest BCUT2D eigenvalue weighted by atomic mass is 16.5. The standard InChI is InChI=1S/C11H18N6O/c1-5-6-17-10(12-14-15-17)7-18-11-8(2)13-16(4)9(11)3/h5-7H2,1-4H3. The topological polar surface area (TPSA) is 70.7 Å². The molecule has 18 heavy (non-hydrogen) atoms. The van der Waals surface area contributed by atoms with Crippen LogP contribution in [-0.2, 0) is 20.2 Å². The summed E-state index contributed by atoms with van der Waals surface area (Å²) >= 11 is 0. The lowest BCUT2D eigenvalue weighted by Gasteiger charge is -2.06. The molecule has 0 unspecified atom stereocenters. The third-order valence-corrected chi connectivity index (χ3v) is 2.83. The van der Waals surface area contributed by atoms with Crippen LogP contribution in [-0.4, -0.2) is 30.0 Å². The Morgan fingerprint density at radius 2 is 2.06 bits per heavy atom. The maximum absolute atomic E-state index is 5.77. The Morgan fingerprint density at radius 1 is 1.28 bits per heavy atom. The molecule has 0 amide bonds. The van der Waals surface area contributed by atoms with Crippen LogP contribution in [0.3, 0.4) is 0 Å². The number of aromatic nitrogens is 6. The monoisotopic (exact) mass is 250 g/mol. The van der Waals surface area contributed by atoms with Crippen LogP contribution in [0.1, 0.15) is 30.6 Å². The number of hydrogen-bond donors (Lipinski definition) is 0. The second-order valence-electron chi connectivity index (χ2n) is 4.23. The van der Waals surface area contributed by atoms with Crippen molar-refractivity contribution in [2.24, 2.45) is 7.05 Å². The third kappa shape index (κ3) is 2.34. The Morgan fingerprint density at radius 3 is 2.67 bits per heavy atom. The SMILES string of the molecule is CCCn1nnnc1COc1c(C)nn(C)c1C. The molecule has 0 fully saturated rings. The fourth-order valence-electron chi connectivity index (χ4n) is 1.81. The minimum Gasteiger partial charge on any atom is -0.482 e. The van der Waals surface area contributed by atoms with Crippen molar-refractivity contribution in [2.45, 2.75) is 40.3 Å². The number of nitrogens with zero attached hydrogens (tertiary/aromatic N) is 6. The Labute approximate surface area is 106 Å². The number of hydrogen-bond acceptors (Lipinski definition) is 5. The van der Waals surface area contributed by atoms with E-state index < -0.39 is 0 Å². The summed E-state index contributed by atoms with van der Waals surface area (Å²) in [6.45, 7) is 7.15. The smallest absolute Gasteiger partial charge is 0.189 e. The van der Waals surface area contributed by atoms with Crippen LogP contribution in [0.15, 0.2) is 0 Å². The molecule has 0 saturated heterocycles. The van der Waals surface area contributed by atoms with Gasteiger partial charge in [-0.05, 0) is 30.7 Å². The lowest BCUT2D eigenvalue weighted by atomic mass is 10.3. The minimum absolute atomic E-state index is 0.361. The van der Waals surface area contributed by atoms with E-state index in [0.29, 0.717) is 6.61 Å². The summed E-state index contributed by atoms with van der Waals surface area (Å²) in [4.78, 5) is 0. The lowest BCUT2D eigenvalue weighted by Crippen LogP contribution is -2.09. The molecule has 7 nitrogen and oxygen atoms in total. The van der Waals surface area contributed by atoms with E-state index in [1.807, 2.05) is 20.9 Å². The van der Waals surface area contributed by atoms with Crippen LogP contribution in [0.2, 0.25) is 0 Å².